The van der Waals surface area contributed by atoms with Gasteiger partial charge in [0.05, 0.1) is 28.2 Å². The summed E-state index contributed by atoms with van der Waals surface area (Å²) in [7, 11) is -3.77. The van der Waals surface area contributed by atoms with Gasteiger partial charge in [0.2, 0.25) is 0 Å². The van der Waals surface area contributed by atoms with Crippen molar-refractivity contribution >= 4 is 38.8 Å². The Morgan fingerprint density at radius 2 is 1.97 bits per heavy atom. The molecule has 10 heteroatoms. The van der Waals surface area contributed by atoms with Crippen LogP contribution < -0.4 is 0 Å². The molecule has 0 aliphatic heterocycles. The lowest BCUT2D eigenvalue weighted by molar-refractivity contribution is -0.133. The number of nitriles is 1. The van der Waals surface area contributed by atoms with Gasteiger partial charge >= 0.3 is 0 Å². The highest BCUT2D eigenvalue weighted by Gasteiger charge is 2.38. The van der Waals surface area contributed by atoms with Gasteiger partial charge in [-0.3, -0.25) is 14.4 Å². The van der Waals surface area contributed by atoms with Gasteiger partial charge in [-0.2, -0.15) is 5.26 Å². The molecule has 0 bridgehead atoms. The second-order valence-electron chi connectivity index (χ2n) is 6.80. The summed E-state index contributed by atoms with van der Waals surface area (Å²) in [6, 6.07) is 5.68. The maximum Gasteiger partial charge on any atom is 0.182 e. The summed E-state index contributed by atoms with van der Waals surface area (Å²) in [6.07, 6.45) is 0.546. The van der Waals surface area contributed by atoms with E-state index in [1.54, 1.807) is 0 Å². The first-order valence-corrected chi connectivity index (χ1v) is 11.2. The molecule has 8 nitrogen and oxygen atoms in total. The van der Waals surface area contributed by atoms with Gasteiger partial charge in [0.1, 0.15) is 11.6 Å². The van der Waals surface area contributed by atoms with Gasteiger partial charge in [0.15, 0.2) is 32.9 Å². The number of ketones is 3. The minimum atomic E-state index is -3.77. The summed E-state index contributed by atoms with van der Waals surface area (Å²) in [5, 5.41) is 12.4. The predicted molar refractivity (Wildman–Crippen MR) is 106 cm³/mol. The Labute approximate surface area is 177 Å². The first-order chi connectivity index (χ1) is 14.2. The molecule has 0 amide bonds. The van der Waals surface area contributed by atoms with E-state index in [4.69, 9.17) is 21.4 Å². The number of sulfone groups is 1. The molecule has 1 heterocycles. The largest absolute Gasteiger partial charge is 0.360 e. The van der Waals surface area contributed by atoms with Crippen molar-refractivity contribution in [3.8, 4) is 17.3 Å². The Bertz CT molecular complexity index is 1180. The molecule has 0 unspecified atom stereocenters. The van der Waals surface area contributed by atoms with Crippen LogP contribution in [-0.2, 0) is 25.8 Å². The molecule has 1 aliphatic carbocycles. The molecule has 1 saturated carbocycles. The summed E-state index contributed by atoms with van der Waals surface area (Å²) in [5.41, 5.74) is -0.165. The van der Waals surface area contributed by atoms with E-state index in [2.05, 4.69) is 5.16 Å². The van der Waals surface area contributed by atoms with E-state index in [-0.39, 0.29) is 57.5 Å². The van der Waals surface area contributed by atoms with Crippen LogP contribution in [0.2, 0.25) is 5.02 Å². The van der Waals surface area contributed by atoms with Crippen LogP contribution in [0.3, 0.4) is 0 Å². The smallest absolute Gasteiger partial charge is 0.182 e. The predicted octanol–water partition coefficient (Wildman–Crippen LogP) is 2.98. The number of aromatic nitrogens is 1. The summed E-state index contributed by atoms with van der Waals surface area (Å²) in [5.74, 6) is -3.19. The van der Waals surface area contributed by atoms with Crippen molar-refractivity contribution in [2.75, 3.05) is 5.75 Å². The lowest BCUT2D eigenvalue weighted by Gasteiger charge is -2.20. The highest BCUT2D eigenvalue weighted by Crippen LogP contribution is 2.38. The van der Waals surface area contributed by atoms with Gasteiger partial charge in [-0.05, 0) is 18.6 Å². The van der Waals surface area contributed by atoms with Crippen molar-refractivity contribution < 1.29 is 27.3 Å². The minimum absolute atomic E-state index is 0.0354. The van der Waals surface area contributed by atoms with E-state index in [9.17, 15) is 22.8 Å². The SMILES string of the molecule is CCS(=O)(=O)c1ccc(C(=O)C2C(=O)CCCC2=O)c(Cl)c1-c1cc(CC#N)on1. The zero-order chi connectivity index (χ0) is 22.1. The van der Waals surface area contributed by atoms with Crippen LogP contribution >= 0.6 is 11.6 Å². The van der Waals surface area contributed by atoms with Crippen LogP contribution in [0.25, 0.3) is 11.3 Å². The molecular formula is C20H17ClN2O6S. The summed E-state index contributed by atoms with van der Waals surface area (Å²) >= 11 is 6.45. The number of carbonyl (C=O) groups excluding carboxylic acids is 3. The number of carbonyl (C=O) groups is 3. The Hall–Kier alpha value is -2.83. The van der Waals surface area contributed by atoms with Crippen LogP contribution in [0, 0.1) is 17.2 Å². The highest BCUT2D eigenvalue weighted by atomic mass is 35.5. The topological polar surface area (TPSA) is 135 Å². The molecule has 2 aromatic rings. The number of halogens is 1. The van der Waals surface area contributed by atoms with Crippen molar-refractivity contribution in [1.82, 2.24) is 5.16 Å². The number of Topliss-reactive ketones (excluding diaryl/α,β-unsaturated/α-hetero) is 3. The first-order valence-electron chi connectivity index (χ1n) is 9.19. The van der Waals surface area contributed by atoms with Gasteiger partial charge in [-0.25, -0.2) is 8.42 Å². The Morgan fingerprint density at radius 1 is 1.30 bits per heavy atom. The first kappa shape index (κ1) is 21.9. The zero-order valence-corrected chi connectivity index (χ0v) is 17.5. The van der Waals surface area contributed by atoms with Crippen LogP contribution in [-0.4, -0.2) is 36.7 Å². The third-order valence-corrected chi connectivity index (χ3v) is 7.07. The monoisotopic (exact) mass is 448 g/mol. The maximum absolute atomic E-state index is 13.0. The van der Waals surface area contributed by atoms with Crippen LogP contribution in [0.4, 0.5) is 0 Å². The quantitative estimate of drug-likeness (QED) is 0.486. The molecule has 1 aliphatic rings. The number of rotatable bonds is 6. The van der Waals surface area contributed by atoms with Crippen LogP contribution in [0.1, 0.15) is 42.3 Å². The molecule has 30 heavy (non-hydrogen) atoms. The van der Waals surface area contributed by atoms with Crippen molar-refractivity contribution in [2.45, 2.75) is 37.5 Å². The van der Waals surface area contributed by atoms with Gasteiger partial charge in [-0.15, -0.1) is 0 Å². The van der Waals surface area contributed by atoms with Crippen LogP contribution in [0.5, 0.6) is 0 Å². The van der Waals surface area contributed by atoms with Gasteiger partial charge < -0.3 is 4.52 Å². The van der Waals surface area contributed by atoms with E-state index >= 15 is 0 Å². The van der Waals surface area contributed by atoms with Crippen molar-refractivity contribution in [1.29, 1.82) is 5.26 Å². The third-order valence-electron chi connectivity index (χ3n) is 4.91. The minimum Gasteiger partial charge on any atom is -0.360 e. The number of hydrogen-bond acceptors (Lipinski definition) is 8. The lowest BCUT2D eigenvalue weighted by atomic mass is 9.81. The Kier molecular flexibility index (Phi) is 6.19. The lowest BCUT2D eigenvalue weighted by Crippen LogP contribution is -2.35. The maximum atomic E-state index is 13.0. The van der Waals surface area contributed by atoms with Crippen molar-refractivity contribution in [3.63, 3.8) is 0 Å². The van der Waals surface area contributed by atoms with Crippen molar-refractivity contribution in [2.24, 2.45) is 5.92 Å². The molecule has 0 N–H and O–H groups in total. The zero-order valence-electron chi connectivity index (χ0n) is 16.0. The molecule has 156 valence electrons. The molecule has 0 radical (unpaired) electrons. The molecular weight excluding hydrogens is 432 g/mol. The van der Waals surface area contributed by atoms with Crippen LogP contribution in [0.15, 0.2) is 27.6 Å². The van der Waals surface area contributed by atoms with Crippen molar-refractivity contribution in [3.05, 3.63) is 34.5 Å². The molecule has 1 aromatic heterocycles. The number of hydrogen-bond donors (Lipinski definition) is 0. The fourth-order valence-electron chi connectivity index (χ4n) is 3.35. The highest BCUT2D eigenvalue weighted by molar-refractivity contribution is 7.91. The second-order valence-corrected chi connectivity index (χ2v) is 9.43. The van der Waals surface area contributed by atoms with E-state index < -0.39 is 33.1 Å². The summed E-state index contributed by atoms with van der Waals surface area (Å²) in [4.78, 5) is 37.2. The van der Waals surface area contributed by atoms with E-state index in [0.717, 1.165) is 0 Å². The Balaban J connectivity index is 2.20. The summed E-state index contributed by atoms with van der Waals surface area (Å²) in [6.45, 7) is 1.45. The number of nitrogens with zero attached hydrogens (tertiary/aromatic N) is 2. The second kappa shape index (κ2) is 8.50. The van der Waals surface area contributed by atoms with E-state index in [1.807, 2.05) is 6.07 Å². The van der Waals surface area contributed by atoms with Gasteiger partial charge in [0.25, 0.3) is 0 Å². The van der Waals surface area contributed by atoms with Gasteiger partial charge in [-0.1, -0.05) is 23.7 Å². The fourth-order valence-corrected chi connectivity index (χ4v) is 4.86. The Morgan fingerprint density at radius 3 is 2.57 bits per heavy atom. The average molecular weight is 449 g/mol. The fraction of sp³-hybridized carbons (Fsp3) is 0.350. The van der Waals surface area contributed by atoms with E-state index in [1.165, 1.54) is 25.1 Å². The molecule has 0 saturated heterocycles. The molecule has 1 fully saturated rings. The third kappa shape index (κ3) is 3.93. The normalized spacial score (nSPS) is 15.2. The van der Waals surface area contributed by atoms with E-state index in [0.29, 0.717) is 6.42 Å². The standard InChI is InChI=1S/C20H17ClN2O6S/c1-2-30(27,28)16-7-6-12(20(26)18-14(24)4-3-5-15(18)25)19(21)17(16)13-10-11(8-9-22)29-23-13/h6-7,10,18H,2-5,8H2,1H3. The summed E-state index contributed by atoms with van der Waals surface area (Å²) < 4.78 is 30.3. The average Bonchev–Trinajstić information content (AvgIpc) is 3.15. The molecule has 0 spiro atoms. The number of benzene rings is 1. The van der Waals surface area contributed by atoms with Gasteiger partial charge in [0, 0.05) is 30.0 Å². The molecule has 3 rings (SSSR count). The molecule has 1 aromatic carbocycles. The molecule has 0 atom stereocenters.